The molecule has 0 bridgehead atoms. The quantitative estimate of drug-likeness (QED) is 0.188. The van der Waals surface area contributed by atoms with Gasteiger partial charge in [0, 0.05) is 11.4 Å². The molecule has 212 valence electrons. The van der Waals surface area contributed by atoms with E-state index in [0.29, 0.717) is 46.2 Å². The van der Waals surface area contributed by atoms with Crippen LogP contribution in [0.1, 0.15) is 50.7 Å². The van der Waals surface area contributed by atoms with Crippen LogP contribution in [0.3, 0.4) is 0 Å². The summed E-state index contributed by atoms with van der Waals surface area (Å²) >= 11 is 0. The molecule has 4 aromatic rings. The lowest BCUT2D eigenvalue weighted by Crippen LogP contribution is -2.20. The van der Waals surface area contributed by atoms with Gasteiger partial charge in [-0.25, -0.2) is 0 Å². The molecule has 0 aliphatic heterocycles. The summed E-state index contributed by atoms with van der Waals surface area (Å²) in [5.74, 6) is 2.76. The minimum atomic E-state index is -0.246. The van der Waals surface area contributed by atoms with E-state index in [2.05, 4.69) is 38.3 Å². The highest BCUT2D eigenvalue weighted by molar-refractivity contribution is 5.92. The molecule has 0 aromatic heterocycles. The second-order valence-electron chi connectivity index (χ2n) is 10.2. The molecule has 0 radical (unpaired) electrons. The Hall–Kier alpha value is -4.78. The summed E-state index contributed by atoms with van der Waals surface area (Å²) in [6, 6.07) is 29.6. The number of nitrogens with one attached hydrogen (secondary N) is 2. The first kappa shape index (κ1) is 29.2. The number of para-hydroxylation sites is 2. The number of hydrogen-bond donors (Lipinski definition) is 2. The Labute approximate surface area is 241 Å². The summed E-state index contributed by atoms with van der Waals surface area (Å²) in [6.07, 6.45) is 0. The Morgan fingerprint density at radius 1 is 0.561 bits per heavy atom. The van der Waals surface area contributed by atoms with Crippen LogP contribution in [0.2, 0.25) is 0 Å². The van der Waals surface area contributed by atoms with E-state index in [1.54, 1.807) is 48.5 Å². The number of ether oxygens (including phenoxy) is 3. The van der Waals surface area contributed by atoms with Crippen molar-refractivity contribution in [2.45, 2.75) is 39.5 Å². The number of amides is 2. The van der Waals surface area contributed by atoms with Gasteiger partial charge in [0.05, 0.1) is 0 Å². The van der Waals surface area contributed by atoms with E-state index < -0.39 is 0 Å². The smallest absolute Gasteiger partial charge is 0.262 e. The van der Waals surface area contributed by atoms with E-state index in [4.69, 9.17) is 14.2 Å². The molecule has 4 rings (SSSR count). The average molecular weight is 553 g/mol. The predicted octanol–water partition coefficient (Wildman–Crippen LogP) is 7.76. The molecule has 0 unspecified atom stereocenters. The summed E-state index contributed by atoms with van der Waals surface area (Å²) in [5.41, 5.74) is 3.41. The summed E-state index contributed by atoms with van der Waals surface area (Å²) < 4.78 is 17.4. The molecule has 0 spiro atoms. The largest absolute Gasteiger partial charge is 0.483 e. The molecule has 0 aliphatic carbocycles. The van der Waals surface area contributed by atoms with E-state index in [9.17, 15) is 9.59 Å². The summed E-state index contributed by atoms with van der Waals surface area (Å²) in [4.78, 5) is 24.8. The topological polar surface area (TPSA) is 85.9 Å². The van der Waals surface area contributed by atoms with Gasteiger partial charge in [0.25, 0.3) is 11.8 Å². The Kier molecular flexibility index (Phi) is 9.99. The zero-order valence-corrected chi connectivity index (χ0v) is 23.8. The zero-order chi connectivity index (χ0) is 29.2. The minimum absolute atomic E-state index is 0.0811. The van der Waals surface area contributed by atoms with Crippen LogP contribution in [0.5, 0.6) is 23.0 Å². The second-order valence-corrected chi connectivity index (χ2v) is 10.2. The Morgan fingerprint density at radius 2 is 0.927 bits per heavy atom. The fraction of sp³-hybridized carbons (Fsp3) is 0.235. The maximum absolute atomic E-state index is 12.4. The van der Waals surface area contributed by atoms with Crippen LogP contribution >= 0.6 is 0 Å². The lowest BCUT2D eigenvalue weighted by atomic mass is 10.0. The van der Waals surface area contributed by atoms with Crippen molar-refractivity contribution in [3.05, 3.63) is 108 Å². The second kappa shape index (κ2) is 14.0. The molecule has 2 amide bonds. The standard InChI is InChI=1S/C34H36N2O5/c1-23(2)29-9-5-7-11-31(29)39-21-33(37)35-25-13-17-27(18-14-25)41-28-19-15-26(16-20-28)36-34(38)22-40-32-12-8-6-10-30(32)24(3)4/h5-20,23-24H,21-22H2,1-4H3,(H,35,37)(H,36,38). The first-order valence-corrected chi connectivity index (χ1v) is 13.7. The van der Waals surface area contributed by atoms with Gasteiger partial charge in [-0.05, 0) is 83.6 Å². The van der Waals surface area contributed by atoms with E-state index >= 15 is 0 Å². The Balaban J connectivity index is 1.23. The van der Waals surface area contributed by atoms with Crippen LogP contribution in [0, 0.1) is 0 Å². The number of benzene rings is 4. The molecule has 0 fully saturated rings. The molecule has 7 nitrogen and oxygen atoms in total. The van der Waals surface area contributed by atoms with Gasteiger partial charge in [-0.2, -0.15) is 0 Å². The van der Waals surface area contributed by atoms with Crippen molar-refractivity contribution in [1.82, 2.24) is 0 Å². The van der Waals surface area contributed by atoms with Crippen LogP contribution < -0.4 is 24.8 Å². The average Bonchev–Trinajstić information content (AvgIpc) is 2.97. The van der Waals surface area contributed by atoms with Crippen LogP contribution in [0.4, 0.5) is 11.4 Å². The lowest BCUT2D eigenvalue weighted by molar-refractivity contribution is -0.118. The van der Waals surface area contributed by atoms with E-state index in [1.807, 2.05) is 48.5 Å². The first-order chi connectivity index (χ1) is 19.8. The third-order valence-corrected chi connectivity index (χ3v) is 6.31. The zero-order valence-electron chi connectivity index (χ0n) is 23.8. The third-order valence-electron chi connectivity index (χ3n) is 6.31. The summed E-state index contributed by atoms with van der Waals surface area (Å²) in [7, 11) is 0. The van der Waals surface area contributed by atoms with Crippen LogP contribution in [0.15, 0.2) is 97.1 Å². The third kappa shape index (κ3) is 8.60. The van der Waals surface area contributed by atoms with Gasteiger partial charge in [0.2, 0.25) is 0 Å². The molecule has 0 saturated carbocycles. The van der Waals surface area contributed by atoms with Gasteiger partial charge in [0.1, 0.15) is 23.0 Å². The molecule has 4 aromatic carbocycles. The SMILES string of the molecule is CC(C)c1ccccc1OCC(=O)Nc1ccc(Oc2ccc(NC(=O)COc3ccccc3C(C)C)cc2)cc1. The van der Waals surface area contributed by atoms with Crippen molar-refractivity contribution in [3.8, 4) is 23.0 Å². The molecule has 0 saturated heterocycles. The molecular formula is C34H36N2O5. The molecule has 41 heavy (non-hydrogen) atoms. The fourth-order valence-corrected chi connectivity index (χ4v) is 4.21. The maximum Gasteiger partial charge on any atom is 0.262 e. The highest BCUT2D eigenvalue weighted by Gasteiger charge is 2.11. The van der Waals surface area contributed by atoms with Crippen molar-refractivity contribution < 1.29 is 23.8 Å². The minimum Gasteiger partial charge on any atom is -0.483 e. The Bertz CT molecular complexity index is 1340. The van der Waals surface area contributed by atoms with Crippen molar-refractivity contribution >= 4 is 23.2 Å². The number of anilines is 2. The van der Waals surface area contributed by atoms with Gasteiger partial charge in [-0.3, -0.25) is 9.59 Å². The maximum atomic E-state index is 12.4. The highest BCUT2D eigenvalue weighted by atomic mass is 16.5. The van der Waals surface area contributed by atoms with Crippen molar-refractivity contribution in [2.75, 3.05) is 23.8 Å². The van der Waals surface area contributed by atoms with Crippen LogP contribution in [-0.4, -0.2) is 25.0 Å². The molecule has 7 heteroatoms. The molecular weight excluding hydrogens is 516 g/mol. The summed E-state index contributed by atoms with van der Waals surface area (Å²) in [5, 5.41) is 5.67. The first-order valence-electron chi connectivity index (χ1n) is 13.7. The van der Waals surface area contributed by atoms with Gasteiger partial charge in [-0.1, -0.05) is 64.1 Å². The molecule has 0 aliphatic rings. The van der Waals surface area contributed by atoms with Gasteiger partial charge in [0.15, 0.2) is 13.2 Å². The van der Waals surface area contributed by atoms with Crippen LogP contribution in [-0.2, 0) is 9.59 Å². The summed E-state index contributed by atoms with van der Waals surface area (Å²) in [6.45, 7) is 8.19. The van der Waals surface area contributed by atoms with Crippen molar-refractivity contribution in [3.63, 3.8) is 0 Å². The monoisotopic (exact) mass is 552 g/mol. The van der Waals surface area contributed by atoms with Crippen molar-refractivity contribution in [1.29, 1.82) is 0 Å². The number of carbonyl (C=O) groups is 2. The Morgan fingerprint density at radius 3 is 1.29 bits per heavy atom. The van der Waals surface area contributed by atoms with Crippen LogP contribution in [0.25, 0.3) is 0 Å². The normalized spacial score (nSPS) is 10.8. The van der Waals surface area contributed by atoms with Gasteiger partial charge >= 0.3 is 0 Å². The van der Waals surface area contributed by atoms with E-state index in [0.717, 1.165) is 11.1 Å². The molecule has 0 atom stereocenters. The number of hydrogen-bond acceptors (Lipinski definition) is 5. The van der Waals surface area contributed by atoms with Gasteiger partial charge < -0.3 is 24.8 Å². The fourth-order valence-electron chi connectivity index (χ4n) is 4.21. The van der Waals surface area contributed by atoms with E-state index in [1.165, 1.54) is 0 Å². The predicted molar refractivity (Wildman–Crippen MR) is 162 cm³/mol. The lowest BCUT2D eigenvalue weighted by Gasteiger charge is -2.14. The number of carbonyl (C=O) groups excluding carboxylic acids is 2. The highest BCUT2D eigenvalue weighted by Crippen LogP contribution is 2.28. The van der Waals surface area contributed by atoms with Crippen molar-refractivity contribution in [2.24, 2.45) is 0 Å². The molecule has 2 N–H and O–H groups in total. The molecule has 0 heterocycles. The number of rotatable bonds is 12. The van der Waals surface area contributed by atoms with Gasteiger partial charge in [-0.15, -0.1) is 0 Å². The van der Waals surface area contributed by atoms with E-state index in [-0.39, 0.29) is 25.0 Å².